The van der Waals surface area contributed by atoms with E-state index in [0.29, 0.717) is 23.9 Å². The number of aromatic nitrogens is 3. The zero-order valence-electron chi connectivity index (χ0n) is 11.9. The molecule has 2 rings (SSSR count). The lowest BCUT2D eigenvalue weighted by Gasteiger charge is -2.05. The van der Waals surface area contributed by atoms with Crippen LogP contribution in [0.1, 0.15) is 21.7 Å². The summed E-state index contributed by atoms with van der Waals surface area (Å²) in [5.41, 5.74) is 1.85. The lowest BCUT2D eigenvalue weighted by atomic mass is 10.2. The number of benzene rings is 1. The number of hydrogen-bond donors (Lipinski definition) is 0. The minimum Gasteiger partial charge on any atom is -0.458 e. The highest BCUT2D eigenvalue weighted by Crippen LogP contribution is 2.13. The topological polar surface area (TPSA) is 66.2 Å². The van der Waals surface area contributed by atoms with Crippen molar-refractivity contribution in [2.45, 2.75) is 13.5 Å². The van der Waals surface area contributed by atoms with Gasteiger partial charge in [0.15, 0.2) is 5.69 Å². The second kappa shape index (κ2) is 7.19. The Morgan fingerprint density at radius 1 is 1.38 bits per heavy atom. The number of hydrogen-bond acceptors (Lipinski definition) is 5. The highest BCUT2D eigenvalue weighted by Gasteiger charge is 2.17. The van der Waals surface area contributed by atoms with Crippen LogP contribution in [0.2, 0.25) is 5.02 Å². The number of carbonyl (C=O) groups is 1. The molecule has 0 radical (unpaired) electrons. The van der Waals surface area contributed by atoms with Crippen molar-refractivity contribution in [3.8, 4) is 0 Å². The van der Waals surface area contributed by atoms with Gasteiger partial charge in [-0.25, -0.2) is 9.48 Å². The summed E-state index contributed by atoms with van der Waals surface area (Å²) in [7, 11) is 1.54. The smallest absolute Gasteiger partial charge is 0.360 e. The van der Waals surface area contributed by atoms with Crippen LogP contribution in [-0.2, 0) is 16.0 Å². The number of ether oxygens (including phenoxy) is 2. The Bertz CT molecular complexity index is 628. The van der Waals surface area contributed by atoms with Crippen LogP contribution >= 0.6 is 11.6 Å². The average Bonchev–Trinajstić information content (AvgIpc) is 2.80. The summed E-state index contributed by atoms with van der Waals surface area (Å²) < 4.78 is 11.5. The maximum absolute atomic E-state index is 11.8. The summed E-state index contributed by atoms with van der Waals surface area (Å²) in [6.45, 7) is 2.81. The van der Waals surface area contributed by atoms with E-state index in [0.717, 1.165) is 5.56 Å². The van der Waals surface area contributed by atoms with Gasteiger partial charge in [-0.2, -0.15) is 0 Å². The second-order valence-corrected chi connectivity index (χ2v) is 4.88. The van der Waals surface area contributed by atoms with Gasteiger partial charge in [0.25, 0.3) is 0 Å². The third-order valence-electron chi connectivity index (χ3n) is 2.92. The van der Waals surface area contributed by atoms with Crippen LogP contribution in [-0.4, -0.2) is 41.3 Å². The van der Waals surface area contributed by atoms with Crippen LogP contribution in [0, 0.1) is 6.92 Å². The first-order valence-electron chi connectivity index (χ1n) is 6.42. The Kier molecular flexibility index (Phi) is 5.30. The molecule has 0 fully saturated rings. The molecule has 21 heavy (non-hydrogen) atoms. The number of halogens is 1. The molecule has 112 valence electrons. The lowest BCUT2D eigenvalue weighted by Crippen LogP contribution is -2.12. The third kappa shape index (κ3) is 4.03. The van der Waals surface area contributed by atoms with Gasteiger partial charge < -0.3 is 9.47 Å². The molecule has 7 heteroatoms. The largest absolute Gasteiger partial charge is 0.458 e. The molecule has 0 bridgehead atoms. The van der Waals surface area contributed by atoms with E-state index >= 15 is 0 Å². The molecule has 0 atom stereocenters. The summed E-state index contributed by atoms with van der Waals surface area (Å²) in [6, 6.07) is 7.45. The summed E-state index contributed by atoms with van der Waals surface area (Å²) >= 11 is 5.95. The van der Waals surface area contributed by atoms with Crippen molar-refractivity contribution >= 4 is 17.6 Å². The molecule has 1 aromatic heterocycles. The maximum Gasteiger partial charge on any atom is 0.360 e. The molecule has 0 saturated carbocycles. The van der Waals surface area contributed by atoms with E-state index in [1.807, 2.05) is 18.2 Å². The highest BCUT2D eigenvalue weighted by atomic mass is 35.5. The summed E-state index contributed by atoms with van der Waals surface area (Å²) in [4.78, 5) is 11.8. The molecule has 0 spiro atoms. The van der Waals surface area contributed by atoms with Crippen molar-refractivity contribution in [1.82, 2.24) is 15.0 Å². The van der Waals surface area contributed by atoms with E-state index in [4.69, 9.17) is 21.1 Å². The minimum atomic E-state index is -0.498. The molecular formula is C14H16ClN3O3. The van der Waals surface area contributed by atoms with Crippen LogP contribution in [0.4, 0.5) is 0 Å². The van der Waals surface area contributed by atoms with Crippen LogP contribution in [0.3, 0.4) is 0 Å². The fourth-order valence-electron chi connectivity index (χ4n) is 1.79. The minimum absolute atomic E-state index is 0.190. The summed E-state index contributed by atoms with van der Waals surface area (Å²) in [5, 5.41) is 8.52. The molecule has 1 aromatic carbocycles. The zero-order valence-corrected chi connectivity index (χ0v) is 12.6. The predicted octanol–water partition coefficient (Wildman–Crippen LogP) is 2.09. The molecule has 1 heterocycles. The van der Waals surface area contributed by atoms with Gasteiger partial charge in [0.2, 0.25) is 0 Å². The Labute approximate surface area is 127 Å². The number of nitrogens with zero attached hydrogens (tertiary/aromatic N) is 3. The van der Waals surface area contributed by atoms with E-state index in [-0.39, 0.29) is 12.3 Å². The van der Waals surface area contributed by atoms with Gasteiger partial charge in [-0.3, -0.25) is 0 Å². The Morgan fingerprint density at radius 2 is 2.19 bits per heavy atom. The van der Waals surface area contributed by atoms with Crippen molar-refractivity contribution in [1.29, 1.82) is 0 Å². The van der Waals surface area contributed by atoms with E-state index in [1.54, 1.807) is 24.8 Å². The van der Waals surface area contributed by atoms with Crippen molar-refractivity contribution in [3.63, 3.8) is 0 Å². The average molecular weight is 310 g/mol. The number of carbonyl (C=O) groups excluding carboxylic acids is 1. The third-order valence-corrected chi connectivity index (χ3v) is 3.15. The second-order valence-electron chi connectivity index (χ2n) is 4.44. The van der Waals surface area contributed by atoms with Gasteiger partial charge in [-0.1, -0.05) is 28.9 Å². The molecular weight excluding hydrogens is 294 g/mol. The first kappa shape index (κ1) is 15.5. The van der Waals surface area contributed by atoms with Gasteiger partial charge in [-0.05, 0) is 24.6 Å². The Hall–Kier alpha value is -1.92. The molecule has 0 unspecified atom stereocenters. The summed E-state index contributed by atoms with van der Waals surface area (Å²) in [6.07, 6.45) is 0. The molecule has 2 aromatic rings. The Balaban J connectivity index is 2.08. The fourth-order valence-corrected chi connectivity index (χ4v) is 2.01. The molecule has 0 N–H and O–H groups in total. The van der Waals surface area contributed by atoms with Crippen molar-refractivity contribution in [3.05, 3.63) is 46.2 Å². The van der Waals surface area contributed by atoms with E-state index < -0.39 is 5.97 Å². The molecule has 0 saturated heterocycles. The molecule has 6 nitrogen and oxygen atoms in total. The number of methoxy groups -OCH3 is 1. The maximum atomic E-state index is 11.8. The monoisotopic (exact) mass is 309 g/mol. The van der Waals surface area contributed by atoms with Crippen LogP contribution in [0.15, 0.2) is 24.3 Å². The van der Waals surface area contributed by atoms with Crippen LogP contribution < -0.4 is 0 Å². The van der Waals surface area contributed by atoms with Crippen molar-refractivity contribution in [2.75, 3.05) is 20.3 Å². The van der Waals surface area contributed by atoms with Gasteiger partial charge >= 0.3 is 5.97 Å². The normalized spacial score (nSPS) is 10.6. The summed E-state index contributed by atoms with van der Waals surface area (Å²) in [5.74, 6) is -0.498. The van der Waals surface area contributed by atoms with Crippen LogP contribution in [0.5, 0.6) is 0 Å². The fraction of sp³-hybridized carbons (Fsp3) is 0.357. The van der Waals surface area contributed by atoms with Crippen molar-refractivity contribution in [2.24, 2.45) is 0 Å². The van der Waals surface area contributed by atoms with Gasteiger partial charge in [0, 0.05) is 12.1 Å². The molecule has 0 aliphatic heterocycles. The standard InChI is InChI=1S/C14H16ClN3O3/c1-10-13(14(19)21-7-6-20-2)16-17-18(10)9-11-4-3-5-12(15)8-11/h3-5,8H,6-7,9H2,1-2H3. The number of rotatable bonds is 6. The van der Waals surface area contributed by atoms with Gasteiger partial charge in [0.1, 0.15) is 6.61 Å². The van der Waals surface area contributed by atoms with Crippen molar-refractivity contribution < 1.29 is 14.3 Å². The SMILES string of the molecule is COCCOC(=O)c1nnn(Cc2cccc(Cl)c2)c1C. The molecule has 0 aliphatic carbocycles. The van der Waals surface area contributed by atoms with Gasteiger partial charge in [0.05, 0.1) is 18.8 Å². The Morgan fingerprint density at radius 3 is 2.90 bits per heavy atom. The number of esters is 1. The van der Waals surface area contributed by atoms with Gasteiger partial charge in [-0.15, -0.1) is 5.10 Å². The zero-order chi connectivity index (χ0) is 15.2. The molecule has 0 amide bonds. The van der Waals surface area contributed by atoms with E-state index in [9.17, 15) is 4.79 Å². The molecule has 0 aliphatic rings. The quantitative estimate of drug-likeness (QED) is 0.604. The predicted molar refractivity (Wildman–Crippen MR) is 77.5 cm³/mol. The lowest BCUT2D eigenvalue weighted by molar-refractivity contribution is 0.0380. The van der Waals surface area contributed by atoms with E-state index in [1.165, 1.54) is 0 Å². The highest BCUT2D eigenvalue weighted by molar-refractivity contribution is 6.30. The van der Waals surface area contributed by atoms with E-state index in [2.05, 4.69) is 10.3 Å². The first-order valence-corrected chi connectivity index (χ1v) is 6.80. The first-order chi connectivity index (χ1) is 10.1. The van der Waals surface area contributed by atoms with Crippen LogP contribution in [0.25, 0.3) is 0 Å².